The Kier molecular flexibility index (Phi) is 4.08. The van der Waals surface area contributed by atoms with Crippen LogP contribution in [0.4, 0.5) is 0 Å². The van der Waals surface area contributed by atoms with E-state index in [1.807, 2.05) is 17.0 Å². The molecule has 122 valence electrons. The SMILES string of the molecule is O=C(CCc1nc(-c2ccncc2)no1)N1CCc2sccc2C1. The quantitative estimate of drug-likeness (QED) is 0.730. The zero-order valence-electron chi connectivity index (χ0n) is 13.0. The van der Waals surface area contributed by atoms with Gasteiger partial charge in [-0.05, 0) is 35.6 Å². The van der Waals surface area contributed by atoms with Gasteiger partial charge in [-0.15, -0.1) is 11.3 Å². The first kappa shape index (κ1) is 15.0. The van der Waals surface area contributed by atoms with Gasteiger partial charge in [0.05, 0.1) is 0 Å². The minimum absolute atomic E-state index is 0.135. The second-order valence-corrected chi connectivity index (χ2v) is 6.68. The van der Waals surface area contributed by atoms with E-state index in [-0.39, 0.29) is 5.91 Å². The van der Waals surface area contributed by atoms with Crippen molar-refractivity contribution in [3.8, 4) is 11.4 Å². The number of pyridine rings is 1. The molecule has 0 radical (unpaired) electrons. The number of hydrogen-bond donors (Lipinski definition) is 0. The smallest absolute Gasteiger partial charge is 0.227 e. The molecule has 0 aliphatic carbocycles. The van der Waals surface area contributed by atoms with Crippen molar-refractivity contribution in [2.24, 2.45) is 0 Å². The zero-order chi connectivity index (χ0) is 16.4. The summed E-state index contributed by atoms with van der Waals surface area (Å²) < 4.78 is 5.25. The van der Waals surface area contributed by atoms with Crippen LogP contribution in [0.3, 0.4) is 0 Å². The highest BCUT2D eigenvalue weighted by atomic mass is 32.1. The molecule has 3 aromatic heterocycles. The number of rotatable bonds is 4. The van der Waals surface area contributed by atoms with E-state index in [4.69, 9.17) is 4.52 Å². The van der Waals surface area contributed by atoms with Crippen molar-refractivity contribution in [3.05, 3.63) is 52.3 Å². The number of fused-ring (bicyclic) bond motifs is 1. The van der Waals surface area contributed by atoms with E-state index < -0.39 is 0 Å². The third-order valence-corrected chi connectivity index (χ3v) is 5.14. The van der Waals surface area contributed by atoms with Crippen molar-refractivity contribution < 1.29 is 9.32 Å². The second-order valence-electron chi connectivity index (χ2n) is 5.68. The number of aromatic nitrogens is 3. The summed E-state index contributed by atoms with van der Waals surface area (Å²) in [7, 11) is 0. The Bertz CT molecular complexity index is 843. The fourth-order valence-electron chi connectivity index (χ4n) is 2.81. The summed E-state index contributed by atoms with van der Waals surface area (Å²) >= 11 is 1.77. The Labute approximate surface area is 143 Å². The molecular formula is C17H16N4O2S. The summed E-state index contributed by atoms with van der Waals surface area (Å²) in [5.74, 6) is 1.15. The Morgan fingerprint density at radius 2 is 2.17 bits per heavy atom. The molecule has 4 rings (SSSR count). The van der Waals surface area contributed by atoms with Gasteiger partial charge in [0.25, 0.3) is 0 Å². The van der Waals surface area contributed by atoms with E-state index in [1.54, 1.807) is 23.7 Å². The van der Waals surface area contributed by atoms with E-state index in [0.717, 1.165) is 18.5 Å². The Hall–Kier alpha value is -2.54. The molecule has 0 aromatic carbocycles. The molecule has 1 amide bonds. The topological polar surface area (TPSA) is 72.1 Å². The highest BCUT2D eigenvalue weighted by molar-refractivity contribution is 7.10. The minimum atomic E-state index is 0.135. The van der Waals surface area contributed by atoms with Crippen LogP contribution in [0.15, 0.2) is 40.5 Å². The predicted octanol–water partition coefficient (Wildman–Crippen LogP) is 2.71. The lowest BCUT2D eigenvalue weighted by molar-refractivity contribution is -0.132. The summed E-state index contributed by atoms with van der Waals surface area (Å²) in [6, 6.07) is 5.76. The van der Waals surface area contributed by atoms with Crippen LogP contribution in [-0.4, -0.2) is 32.5 Å². The summed E-state index contributed by atoms with van der Waals surface area (Å²) in [4.78, 5) is 24.0. The van der Waals surface area contributed by atoms with Gasteiger partial charge in [0.1, 0.15) is 0 Å². The van der Waals surface area contributed by atoms with Gasteiger partial charge < -0.3 is 9.42 Å². The van der Waals surface area contributed by atoms with Crippen LogP contribution in [0.5, 0.6) is 0 Å². The number of hydrogen-bond acceptors (Lipinski definition) is 6. The molecule has 0 saturated heterocycles. The number of nitrogens with zero attached hydrogens (tertiary/aromatic N) is 4. The van der Waals surface area contributed by atoms with Gasteiger partial charge in [-0.1, -0.05) is 5.16 Å². The number of aryl methyl sites for hydroxylation is 1. The van der Waals surface area contributed by atoms with E-state index in [2.05, 4.69) is 26.6 Å². The molecule has 1 aliphatic heterocycles. The number of carbonyl (C=O) groups is 1. The first-order chi connectivity index (χ1) is 11.8. The molecule has 0 saturated carbocycles. The maximum atomic E-state index is 12.4. The van der Waals surface area contributed by atoms with Crippen molar-refractivity contribution in [1.29, 1.82) is 0 Å². The lowest BCUT2D eigenvalue weighted by Crippen LogP contribution is -2.35. The van der Waals surface area contributed by atoms with E-state index in [9.17, 15) is 4.79 Å². The van der Waals surface area contributed by atoms with E-state index in [0.29, 0.717) is 31.1 Å². The van der Waals surface area contributed by atoms with Crippen LogP contribution >= 0.6 is 11.3 Å². The second kappa shape index (κ2) is 6.52. The number of amides is 1. The average molecular weight is 340 g/mol. The molecular weight excluding hydrogens is 324 g/mol. The standard InChI is InChI=1S/C17H16N4O2S/c22-16(21-9-5-14-13(11-21)6-10-24-14)2-1-15-19-17(20-23-15)12-3-7-18-8-4-12/h3-4,6-8,10H,1-2,5,9,11H2. The maximum absolute atomic E-state index is 12.4. The maximum Gasteiger partial charge on any atom is 0.227 e. The molecule has 0 atom stereocenters. The third-order valence-electron chi connectivity index (χ3n) is 4.12. The van der Waals surface area contributed by atoms with E-state index >= 15 is 0 Å². The minimum Gasteiger partial charge on any atom is -0.339 e. The molecule has 3 aromatic rings. The highest BCUT2D eigenvalue weighted by Gasteiger charge is 2.21. The van der Waals surface area contributed by atoms with Crippen LogP contribution < -0.4 is 0 Å². The third kappa shape index (κ3) is 3.07. The normalized spacial score (nSPS) is 13.8. The molecule has 0 unspecified atom stereocenters. The van der Waals surface area contributed by atoms with Crippen molar-refractivity contribution in [3.63, 3.8) is 0 Å². The van der Waals surface area contributed by atoms with Crippen molar-refractivity contribution in [2.75, 3.05) is 6.54 Å². The van der Waals surface area contributed by atoms with Gasteiger partial charge in [0.15, 0.2) is 0 Å². The Morgan fingerprint density at radius 3 is 3.04 bits per heavy atom. The molecule has 24 heavy (non-hydrogen) atoms. The van der Waals surface area contributed by atoms with Crippen LogP contribution in [0.1, 0.15) is 22.8 Å². The molecule has 0 bridgehead atoms. The first-order valence-corrected chi connectivity index (χ1v) is 8.73. The summed E-state index contributed by atoms with van der Waals surface area (Å²) in [6.07, 6.45) is 5.17. The van der Waals surface area contributed by atoms with Gasteiger partial charge in [-0.3, -0.25) is 9.78 Å². The largest absolute Gasteiger partial charge is 0.339 e. The molecule has 1 aliphatic rings. The molecule has 7 heteroatoms. The molecule has 0 spiro atoms. The monoisotopic (exact) mass is 340 g/mol. The van der Waals surface area contributed by atoms with Gasteiger partial charge in [0, 0.05) is 48.8 Å². The molecule has 6 nitrogen and oxygen atoms in total. The molecule has 0 N–H and O–H groups in total. The van der Waals surface area contributed by atoms with Gasteiger partial charge in [0.2, 0.25) is 17.6 Å². The average Bonchev–Trinajstić information content (AvgIpc) is 3.29. The van der Waals surface area contributed by atoms with Gasteiger partial charge >= 0.3 is 0 Å². The Balaban J connectivity index is 1.36. The summed E-state index contributed by atoms with van der Waals surface area (Å²) in [5.41, 5.74) is 2.13. The number of carbonyl (C=O) groups excluding carboxylic acids is 1. The fraction of sp³-hybridized carbons (Fsp3) is 0.294. The van der Waals surface area contributed by atoms with Crippen LogP contribution in [0.25, 0.3) is 11.4 Å². The Morgan fingerprint density at radius 1 is 1.29 bits per heavy atom. The molecule has 4 heterocycles. The van der Waals surface area contributed by atoms with Crippen molar-refractivity contribution in [2.45, 2.75) is 25.8 Å². The number of thiophene rings is 1. The fourth-order valence-corrected chi connectivity index (χ4v) is 3.70. The van der Waals surface area contributed by atoms with Crippen LogP contribution in [-0.2, 0) is 24.2 Å². The predicted molar refractivity (Wildman–Crippen MR) is 89.3 cm³/mol. The van der Waals surface area contributed by atoms with Crippen LogP contribution in [0, 0.1) is 0 Å². The van der Waals surface area contributed by atoms with Gasteiger partial charge in [-0.25, -0.2) is 0 Å². The first-order valence-electron chi connectivity index (χ1n) is 7.85. The van der Waals surface area contributed by atoms with Crippen molar-refractivity contribution in [1.82, 2.24) is 20.0 Å². The van der Waals surface area contributed by atoms with Gasteiger partial charge in [-0.2, -0.15) is 4.98 Å². The summed E-state index contributed by atoms with van der Waals surface area (Å²) in [5, 5.41) is 6.06. The lowest BCUT2D eigenvalue weighted by Gasteiger charge is -2.26. The highest BCUT2D eigenvalue weighted by Crippen LogP contribution is 2.24. The molecule has 0 fully saturated rings. The zero-order valence-corrected chi connectivity index (χ0v) is 13.8. The van der Waals surface area contributed by atoms with Crippen LogP contribution in [0.2, 0.25) is 0 Å². The summed E-state index contributed by atoms with van der Waals surface area (Å²) in [6.45, 7) is 1.50. The van der Waals surface area contributed by atoms with Crippen molar-refractivity contribution >= 4 is 17.2 Å². The lowest BCUT2D eigenvalue weighted by atomic mass is 10.1. The van der Waals surface area contributed by atoms with E-state index in [1.165, 1.54) is 10.4 Å².